The molecular formula is C27H31N5O4. The number of nitrogens with two attached hydrogens (primary N) is 1. The smallest absolute Gasteiger partial charge is 0.408 e. The van der Waals surface area contributed by atoms with Crippen LogP contribution >= 0.6 is 0 Å². The summed E-state index contributed by atoms with van der Waals surface area (Å²) in [6.45, 7) is 4.22. The molecule has 1 unspecified atom stereocenters. The number of alkyl carbamates (subject to hydrolysis) is 1. The van der Waals surface area contributed by atoms with Gasteiger partial charge in [-0.1, -0.05) is 42.5 Å². The van der Waals surface area contributed by atoms with Crippen LogP contribution in [0.5, 0.6) is 0 Å². The van der Waals surface area contributed by atoms with Gasteiger partial charge in [0.2, 0.25) is 5.91 Å². The number of benzene rings is 2. The van der Waals surface area contributed by atoms with Crippen molar-refractivity contribution in [3.63, 3.8) is 0 Å². The maximum Gasteiger partial charge on any atom is 0.408 e. The predicted molar refractivity (Wildman–Crippen MR) is 137 cm³/mol. The van der Waals surface area contributed by atoms with Crippen molar-refractivity contribution in [3.8, 4) is 0 Å². The Balaban J connectivity index is 1.46. The molecule has 1 aliphatic heterocycles. The summed E-state index contributed by atoms with van der Waals surface area (Å²) in [4.78, 5) is 44.7. The summed E-state index contributed by atoms with van der Waals surface area (Å²) in [7, 11) is 0. The van der Waals surface area contributed by atoms with Crippen molar-refractivity contribution in [3.05, 3.63) is 71.9 Å². The van der Waals surface area contributed by atoms with Crippen molar-refractivity contribution in [1.82, 2.24) is 20.5 Å². The first kappa shape index (κ1) is 25.0. The van der Waals surface area contributed by atoms with Crippen LogP contribution in [0.3, 0.4) is 0 Å². The summed E-state index contributed by atoms with van der Waals surface area (Å²) < 4.78 is 5.20. The molecule has 9 heteroatoms. The largest absolute Gasteiger partial charge is 0.447 e. The van der Waals surface area contributed by atoms with E-state index in [4.69, 9.17) is 10.5 Å². The highest BCUT2D eigenvalue weighted by Crippen LogP contribution is 2.25. The third kappa shape index (κ3) is 5.73. The number of likely N-dealkylation sites (tertiary alicyclic amines) is 1. The van der Waals surface area contributed by atoms with E-state index in [1.54, 1.807) is 49.2 Å². The van der Waals surface area contributed by atoms with Crippen LogP contribution in [-0.4, -0.2) is 46.5 Å². The van der Waals surface area contributed by atoms with Crippen molar-refractivity contribution in [2.75, 3.05) is 12.3 Å². The second-order valence-electron chi connectivity index (χ2n) is 9.10. The summed E-state index contributed by atoms with van der Waals surface area (Å²) >= 11 is 0. The molecule has 1 fully saturated rings. The van der Waals surface area contributed by atoms with Crippen LogP contribution in [0.15, 0.2) is 60.8 Å². The number of ether oxygens (including phenoxy) is 1. The number of nitrogens with one attached hydrogen (secondary N) is 2. The van der Waals surface area contributed by atoms with E-state index in [0.717, 1.165) is 16.3 Å². The molecule has 188 valence electrons. The number of nitrogens with zero attached hydrogens (tertiary/aromatic N) is 2. The number of carbonyl (C=O) groups excluding carboxylic acids is 3. The molecule has 2 atom stereocenters. The zero-order valence-electron chi connectivity index (χ0n) is 20.4. The predicted octanol–water partition coefficient (Wildman–Crippen LogP) is 3.30. The van der Waals surface area contributed by atoms with Crippen molar-refractivity contribution < 1.29 is 19.1 Å². The lowest BCUT2D eigenvalue weighted by Crippen LogP contribution is -2.50. The third-order valence-corrected chi connectivity index (χ3v) is 6.15. The Hall–Kier alpha value is -4.14. The molecule has 4 N–H and O–H groups in total. The number of hydrogen-bond acceptors (Lipinski definition) is 6. The van der Waals surface area contributed by atoms with E-state index in [9.17, 15) is 14.4 Å². The van der Waals surface area contributed by atoms with E-state index in [-0.39, 0.29) is 17.9 Å². The van der Waals surface area contributed by atoms with Gasteiger partial charge in [-0.15, -0.1) is 0 Å². The van der Waals surface area contributed by atoms with E-state index in [1.165, 1.54) is 0 Å². The minimum atomic E-state index is -0.953. The van der Waals surface area contributed by atoms with Crippen LogP contribution in [0.4, 0.5) is 10.6 Å². The first-order valence-electron chi connectivity index (χ1n) is 12.1. The van der Waals surface area contributed by atoms with Crippen LogP contribution in [0.1, 0.15) is 43.9 Å². The molecule has 3 aromatic rings. The SMILES string of the molecule is CC(C)OC(=O)N[C@@H](C(=O)N1CCCC1C(=O)NCc1ccc2c(N)nccc2c1)c1ccccc1. The van der Waals surface area contributed by atoms with Crippen molar-refractivity contribution in [1.29, 1.82) is 0 Å². The van der Waals surface area contributed by atoms with Crippen LogP contribution in [-0.2, 0) is 20.9 Å². The van der Waals surface area contributed by atoms with Crippen LogP contribution in [0.25, 0.3) is 10.8 Å². The number of pyridine rings is 1. The number of rotatable bonds is 7. The molecule has 0 bridgehead atoms. The fraction of sp³-hybridized carbons (Fsp3) is 0.333. The Morgan fingerprint density at radius 1 is 1.14 bits per heavy atom. The lowest BCUT2D eigenvalue weighted by molar-refractivity contribution is -0.140. The molecular weight excluding hydrogens is 458 g/mol. The van der Waals surface area contributed by atoms with Gasteiger partial charge < -0.3 is 26.0 Å². The van der Waals surface area contributed by atoms with E-state index < -0.39 is 18.2 Å². The van der Waals surface area contributed by atoms with Gasteiger partial charge >= 0.3 is 6.09 Å². The van der Waals surface area contributed by atoms with Gasteiger partial charge in [0.25, 0.3) is 5.91 Å². The number of nitrogen functional groups attached to an aromatic ring is 1. The summed E-state index contributed by atoms with van der Waals surface area (Å²) in [5.74, 6) is -0.109. The normalized spacial score (nSPS) is 16.1. The second-order valence-corrected chi connectivity index (χ2v) is 9.10. The fourth-order valence-electron chi connectivity index (χ4n) is 4.44. The van der Waals surface area contributed by atoms with Gasteiger partial charge in [-0.05, 0) is 55.3 Å². The third-order valence-electron chi connectivity index (χ3n) is 6.15. The number of amides is 3. The summed E-state index contributed by atoms with van der Waals surface area (Å²) in [5.41, 5.74) is 7.46. The minimum Gasteiger partial charge on any atom is -0.447 e. The first-order chi connectivity index (χ1) is 17.3. The molecule has 0 spiro atoms. The van der Waals surface area contributed by atoms with Gasteiger partial charge in [0.1, 0.15) is 17.9 Å². The highest BCUT2D eigenvalue weighted by molar-refractivity contribution is 5.93. The summed E-state index contributed by atoms with van der Waals surface area (Å²) in [6, 6.07) is 15.0. The number of fused-ring (bicyclic) bond motifs is 1. The molecule has 36 heavy (non-hydrogen) atoms. The number of hydrogen-bond donors (Lipinski definition) is 3. The molecule has 2 aromatic carbocycles. The van der Waals surface area contributed by atoms with Crippen LogP contribution in [0, 0.1) is 0 Å². The average molecular weight is 490 g/mol. The fourth-order valence-corrected chi connectivity index (χ4v) is 4.44. The molecule has 4 rings (SSSR count). The summed E-state index contributed by atoms with van der Waals surface area (Å²) in [5, 5.41) is 7.44. The molecule has 1 aromatic heterocycles. The molecule has 0 radical (unpaired) electrons. The maximum absolute atomic E-state index is 13.6. The van der Waals surface area contributed by atoms with E-state index in [2.05, 4.69) is 15.6 Å². The Kier molecular flexibility index (Phi) is 7.68. The zero-order valence-corrected chi connectivity index (χ0v) is 20.4. The van der Waals surface area contributed by atoms with E-state index in [0.29, 0.717) is 37.3 Å². The molecule has 2 heterocycles. The highest BCUT2D eigenvalue weighted by Gasteiger charge is 2.38. The van der Waals surface area contributed by atoms with Gasteiger partial charge in [-0.3, -0.25) is 9.59 Å². The Labute approximate surface area is 210 Å². The average Bonchev–Trinajstić information content (AvgIpc) is 3.36. The first-order valence-corrected chi connectivity index (χ1v) is 12.1. The number of aromatic nitrogens is 1. The quantitative estimate of drug-likeness (QED) is 0.467. The monoisotopic (exact) mass is 489 g/mol. The van der Waals surface area contributed by atoms with Crippen LogP contribution < -0.4 is 16.4 Å². The zero-order chi connectivity index (χ0) is 25.7. The van der Waals surface area contributed by atoms with Gasteiger partial charge in [-0.2, -0.15) is 0 Å². The topological polar surface area (TPSA) is 127 Å². The van der Waals surface area contributed by atoms with E-state index in [1.807, 2.05) is 30.3 Å². The molecule has 0 saturated carbocycles. The Morgan fingerprint density at radius 2 is 1.92 bits per heavy atom. The molecule has 3 amide bonds. The highest BCUT2D eigenvalue weighted by atomic mass is 16.6. The molecule has 0 aliphatic carbocycles. The lowest BCUT2D eigenvalue weighted by atomic mass is 10.0. The van der Waals surface area contributed by atoms with E-state index >= 15 is 0 Å². The van der Waals surface area contributed by atoms with Crippen molar-refractivity contribution in [2.24, 2.45) is 0 Å². The van der Waals surface area contributed by atoms with Crippen molar-refractivity contribution >= 4 is 34.5 Å². The molecule has 9 nitrogen and oxygen atoms in total. The van der Waals surface area contributed by atoms with Gasteiger partial charge in [0.05, 0.1) is 6.10 Å². The van der Waals surface area contributed by atoms with Gasteiger partial charge in [-0.25, -0.2) is 9.78 Å². The second kappa shape index (κ2) is 11.1. The maximum atomic E-state index is 13.6. The van der Waals surface area contributed by atoms with Crippen molar-refractivity contribution in [2.45, 2.75) is 51.4 Å². The van der Waals surface area contributed by atoms with Crippen LogP contribution in [0.2, 0.25) is 0 Å². The van der Waals surface area contributed by atoms with Gasteiger partial charge in [0, 0.05) is 24.7 Å². The Morgan fingerprint density at radius 3 is 2.67 bits per heavy atom. The minimum absolute atomic E-state index is 0.230. The molecule has 1 saturated heterocycles. The lowest BCUT2D eigenvalue weighted by Gasteiger charge is -2.29. The number of anilines is 1. The standard InChI is InChI=1S/C27H31N5O4/c1-17(2)36-27(35)31-23(19-7-4-3-5-8-19)26(34)32-14-6-9-22(32)25(33)30-16-18-10-11-21-20(15-18)12-13-29-24(21)28/h3-5,7-8,10-13,15,17,22-23H,6,9,14,16H2,1-2H3,(H2,28,29)(H,30,33)(H,31,35)/t22?,23-/m1/s1. The Bertz CT molecular complexity index is 1250. The molecule has 1 aliphatic rings. The number of carbonyl (C=O) groups is 3. The summed E-state index contributed by atoms with van der Waals surface area (Å²) in [6.07, 6.45) is 1.89. The van der Waals surface area contributed by atoms with Gasteiger partial charge in [0.15, 0.2) is 0 Å².